The first-order valence-electron chi connectivity index (χ1n) is 7.57. The fourth-order valence-corrected chi connectivity index (χ4v) is 3.00. The molecule has 0 aliphatic carbocycles. The van der Waals surface area contributed by atoms with E-state index in [9.17, 15) is 18.0 Å². The first kappa shape index (κ1) is 16.2. The van der Waals surface area contributed by atoms with E-state index in [1.165, 1.54) is 6.07 Å². The van der Waals surface area contributed by atoms with Crippen molar-refractivity contribution in [1.82, 2.24) is 15.1 Å². The van der Waals surface area contributed by atoms with E-state index >= 15 is 0 Å². The standard InChI is InChI=1S/C15H18F3N3O2/c1-14(8-23-9-14)13(22)21-6-4-10(5-7-21)11-2-3-12(20-19-11)15(16,17)18/h2-3,10H,4-9H2,1H3. The maximum absolute atomic E-state index is 12.5. The van der Waals surface area contributed by atoms with Crippen LogP contribution in [0.25, 0.3) is 0 Å². The van der Waals surface area contributed by atoms with Gasteiger partial charge in [-0.3, -0.25) is 4.79 Å². The molecule has 1 amide bonds. The average Bonchev–Trinajstić information content (AvgIpc) is 2.51. The van der Waals surface area contributed by atoms with E-state index in [0.29, 0.717) is 44.8 Å². The lowest BCUT2D eigenvalue weighted by Crippen LogP contribution is -2.54. The van der Waals surface area contributed by atoms with Crippen LogP contribution in [0.1, 0.15) is 37.1 Å². The molecular weight excluding hydrogens is 311 g/mol. The van der Waals surface area contributed by atoms with Gasteiger partial charge in [-0.15, -0.1) is 5.10 Å². The molecule has 2 saturated heterocycles. The van der Waals surface area contributed by atoms with Crippen LogP contribution in [0.15, 0.2) is 12.1 Å². The Balaban J connectivity index is 1.59. The minimum Gasteiger partial charge on any atom is -0.379 e. The Bertz CT molecular complexity index is 577. The Kier molecular flexibility index (Phi) is 4.03. The van der Waals surface area contributed by atoms with Crippen LogP contribution in [0.2, 0.25) is 0 Å². The predicted octanol–water partition coefficient (Wildman–Crippen LogP) is 2.24. The quantitative estimate of drug-likeness (QED) is 0.835. The van der Waals surface area contributed by atoms with Crippen molar-refractivity contribution >= 4 is 5.91 Å². The number of aromatic nitrogens is 2. The van der Waals surface area contributed by atoms with E-state index in [2.05, 4.69) is 10.2 Å². The van der Waals surface area contributed by atoms with Gasteiger partial charge in [0.25, 0.3) is 0 Å². The summed E-state index contributed by atoms with van der Waals surface area (Å²) in [6.45, 7) is 3.97. The summed E-state index contributed by atoms with van der Waals surface area (Å²) in [4.78, 5) is 14.2. The minimum atomic E-state index is -4.47. The number of amides is 1. The lowest BCUT2D eigenvalue weighted by atomic mass is 9.85. The zero-order valence-corrected chi connectivity index (χ0v) is 12.8. The highest BCUT2D eigenvalue weighted by Crippen LogP contribution is 2.33. The lowest BCUT2D eigenvalue weighted by molar-refractivity contribution is -0.169. The first-order valence-corrected chi connectivity index (χ1v) is 7.57. The fourth-order valence-electron chi connectivity index (χ4n) is 3.00. The number of rotatable bonds is 2. The van der Waals surface area contributed by atoms with Gasteiger partial charge in [0.05, 0.1) is 24.3 Å². The number of ether oxygens (including phenoxy) is 1. The largest absolute Gasteiger partial charge is 0.435 e. The molecule has 23 heavy (non-hydrogen) atoms. The van der Waals surface area contributed by atoms with E-state index in [4.69, 9.17) is 4.74 Å². The molecule has 3 heterocycles. The number of carbonyl (C=O) groups excluding carboxylic acids is 1. The zero-order chi connectivity index (χ0) is 16.7. The number of alkyl halides is 3. The summed E-state index contributed by atoms with van der Waals surface area (Å²) < 4.78 is 42.6. The molecule has 126 valence electrons. The van der Waals surface area contributed by atoms with Crippen LogP contribution in [0.5, 0.6) is 0 Å². The average molecular weight is 329 g/mol. The highest BCUT2D eigenvalue weighted by molar-refractivity contribution is 5.83. The van der Waals surface area contributed by atoms with Crippen LogP contribution < -0.4 is 0 Å². The van der Waals surface area contributed by atoms with E-state index in [1.807, 2.05) is 11.8 Å². The minimum absolute atomic E-state index is 0.0410. The molecule has 0 radical (unpaired) electrons. The van der Waals surface area contributed by atoms with E-state index in [0.717, 1.165) is 6.07 Å². The molecule has 0 saturated carbocycles. The topological polar surface area (TPSA) is 55.3 Å². The second kappa shape index (κ2) is 5.74. The molecule has 0 spiro atoms. The van der Waals surface area contributed by atoms with Gasteiger partial charge < -0.3 is 9.64 Å². The lowest BCUT2D eigenvalue weighted by Gasteiger charge is -2.42. The van der Waals surface area contributed by atoms with Crippen LogP contribution in [0, 0.1) is 5.41 Å². The molecule has 8 heteroatoms. The highest BCUT2D eigenvalue weighted by atomic mass is 19.4. The Hall–Kier alpha value is -1.70. The van der Waals surface area contributed by atoms with E-state index in [1.54, 1.807) is 0 Å². The van der Waals surface area contributed by atoms with E-state index in [-0.39, 0.29) is 11.8 Å². The van der Waals surface area contributed by atoms with Crippen LogP contribution in [-0.4, -0.2) is 47.3 Å². The van der Waals surface area contributed by atoms with E-state index < -0.39 is 17.3 Å². The molecule has 0 N–H and O–H groups in total. The Morgan fingerprint density at radius 2 is 1.91 bits per heavy atom. The van der Waals surface area contributed by atoms with Crippen molar-refractivity contribution in [3.05, 3.63) is 23.5 Å². The van der Waals surface area contributed by atoms with Gasteiger partial charge in [-0.2, -0.15) is 18.3 Å². The van der Waals surface area contributed by atoms with Crippen molar-refractivity contribution in [2.75, 3.05) is 26.3 Å². The van der Waals surface area contributed by atoms with Gasteiger partial charge in [0, 0.05) is 19.0 Å². The summed E-state index contributed by atoms with van der Waals surface area (Å²) >= 11 is 0. The number of hydrogen-bond donors (Lipinski definition) is 0. The van der Waals surface area contributed by atoms with Gasteiger partial charge in [-0.05, 0) is 31.9 Å². The third-order valence-electron chi connectivity index (χ3n) is 4.53. The van der Waals surface area contributed by atoms with Crippen molar-refractivity contribution in [2.24, 2.45) is 5.41 Å². The van der Waals surface area contributed by atoms with Crippen molar-refractivity contribution in [1.29, 1.82) is 0 Å². The molecule has 0 atom stereocenters. The van der Waals surface area contributed by atoms with Crippen molar-refractivity contribution in [3.63, 3.8) is 0 Å². The molecule has 0 bridgehead atoms. The molecule has 1 aromatic rings. The summed E-state index contributed by atoms with van der Waals surface area (Å²) in [7, 11) is 0. The molecule has 0 aromatic carbocycles. The Labute approximate surface area is 131 Å². The van der Waals surface area contributed by atoms with Crippen LogP contribution in [0.4, 0.5) is 13.2 Å². The summed E-state index contributed by atoms with van der Waals surface area (Å²) in [6, 6.07) is 2.35. The Morgan fingerprint density at radius 1 is 1.26 bits per heavy atom. The normalized spacial score (nSPS) is 21.8. The summed E-state index contributed by atoms with van der Waals surface area (Å²) in [6.07, 6.45) is -3.10. The van der Waals surface area contributed by atoms with Gasteiger partial charge in [-0.25, -0.2) is 0 Å². The third kappa shape index (κ3) is 3.17. The van der Waals surface area contributed by atoms with Crippen LogP contribution >= 0.6 is 0 Å². The molecule has 1 aromatic heterocycles. The predicted molar refractivity (Wildman–Crippen MR) is 74.5 cm³/mol. The number of halogens is 3. The number of nitrogens with zero attached hydrogens (tertiary/aromatic N) is 3. The zero-order valence-electron chi connectivity index (χ0n) is 12.8. The second-order valence-corrected chi connectivity index (χ2v) is 6.46. The Morgan fingerprint density at radius 3 is 2.35 bits per heavy atom. The fraction of sp³-hybridized carbons (Fsp3) is 0.667. The monoisotopic (exact) mass is 329 g/mol. The van der Waals surface area contributed by atoms with Crippen LogP contribution in [0.3, 0.4) is 0 Å². The molecule has 5 nitrogen and oxygen atoms in total. The van der Waals surface area contributed by atoms with Gasteiger partial charge in [0.1, 0.15) is 0 Å². The van der Waals surface area contributed by atoms with Crippen molar-refractivity contribution < 1.29 is 22.7 Å². The molecular formula is C15H18F3N3O2. The maximum atomic E-state index is 12.5. The molecule has 2 fully saturated rings. The highest BCUT2D eigenvalue weighted by Gasteiger charge is 2.44. The smallest absolute Gasteiger partial charge is 0.379 e. The summed E-state index contributed by atoms with van der Waals surface area (Å²) in [5.74, 6) is 0.139. The number of hydrogen-bond acceptors (Lipinski definition) is 4. The molecule has 3 rings (SSSR count). The van der Waals surface area contributed by atoms with Gasteiger partial charge in [0.15, 0.2) is 5.69 Å². The molecule has 0 unspecified atom stereocenters. The maximum Gasteiger partial charge on any atom is 0.435 e. The van der Waals surface area contributed by atoms with Crippen LogP contribution in [-0.2, 0) is 15.7 Å². The van der Waals surface area contributed by atoms with Gasteiger partial charge >= 0.3 is 6.18 Å². The van der Waals surface area contributed by atoms with Crippen molar-refractivity contribution in [3.8, 4) is 0 Å². The third-order valence-corrected chi connectivity index (χ3v) is 4.53. The number of piperidine rings is 1. The van der Waals surface area contributed by atoms with Crippen molar-refractivity contribution in [2.45, 2.75) is 31.9 Å². The van der Waals surface area contributed by atoms with Gasteiger partial charge in [-0.1, -0.05) is 0 Å². The summed E-state index contributed by atoms with van der Waals surface area (Å²) in [5, 5.41) is 6.99. The number of carbonyl (C=O) groups is 1. The van der Waals surface area contributed by atoms with Gasteiger partial charge in [0.2, 0.25) is 5.91 Å². The molecule has 2 aliphatic heterocycles. The number of likely N-dealkylation sites (tertiary alicyclic amines) is 1. The SMILES string of the molecule is CC1(C(=O)N2CCC(c3ccc(C(F)(F)F)nn3)CC2)COC1. The molecule has 2 aliphatic rings. The summed E-state index contributed by atoms with van der Waals surface area (Å²) in [5.41, 5.74) is -0.837. The first-order chi connectivity index (χ1) is 10.8. The second-order valence-electron chi connectivity index (χ2n) is 6.46.